The van der Waals surface area contributed by atoms with Gasteiger partial charge in [0.15, 0.2) is 5.60 Å². The van der Waals surface area contributed by atoms with Gasteiger partial charge in [0, 0.05) is 42.4 Å². The number of halogens is 5. The third-order valence-electron chi connectivity index (χ3n) is 7.09. The van der Waals surface area contributed by atoms with Crippen molar-refractivity contribution in [2.75, 3.05) is 13.1 Å². The minimum atomic E-state index is -4.20. The zero-order chi connectivity index (χ0) is 30.8. The van der Waals surface area contributed by atoms with Gasteiger partial charge in [-0.25, -0.2) is 26.3 Å². The fraction of sp³-hybridized carbons (Fsp3) is 0.286. The fourth-order valence-electron chi connectivity index (χ4n) is 4.71. The van der Waals surface area contributed by atoms with Crippen LogP contribution in [0.1, 0.15) is 29.7 Å². The predicted molar refractivity (Wildman–Crippen MR) is 141 cm³/mol. The van der Waals surface area contributed by atoms with Gasteiger partial charge in [0.1, 0.15) is 29.5 Å². The Morgan fingerprint density at radius 1 is 0.977 bits per heavy atom. The molecule has 1 unspecified atom stereocenters. The number of rotatable bonds is 7. The first-order valence-corrected chi connectivity index (χ1v) is 14.3. The molecule has 2 aromatic carbocycles. The molecule has 9 nitrogen and oxygen atoms in total. The molecule has 0 spiro atoms. The molecule has 1 N–H and O–H groups in total. The summed E-state index contributed by atoms with van der Waals surface area (Å²) in [5, 5.41) is 21.4. The van der Waals surface area contributed by atoms with Crippen molar-refractivity contribution in [3.8, 4) is 11.8 Å². The second-order valence-corrected chi connectivity index (χ2v) is 11.8. The van der Waals surface area contributed by atoms with Gasteiger partial charge in [0.25, 0.3) is 0 Å². The smallest absolute Gasteiger partial charge is 0.323 e. The van der Waals surface area contributed by atoms with E-state index in [1.54, 1.807) is 0 Å². The Morgan fingerprint density at radius 3 is 2.28 bits per heavy atom. The summed E-state index contributed by atoms with van der Waals surface area (Å²) in [6.45, 7) is -0.584. The van der Waals surface area contributed by atoms with E-state index in [1.807, 2.05) is 0 Å². The number of aromatic nitrogens is 5. The summed E-state index contributed by atoms with van der Waals surface area (Å²) in [5.41, 5.74) is -4.77. The first kappa shape index (κ1) is 30.2. The number of tetrazole rings is 1. The first-order valence-electron chi connectivity index (χ1n) is 12.9. The van der Waals surface area contributed by atoms with Gasteiger partial charge in [0.05, 0.1) is 11.4 Å². The third kappa shape index (κ3) is 6.12. The van der Waals surface area contributed by atoms with Crippen molar-refractivity contribution < 1.29 is 35.5 Å². The lowest BCUT2D eigenvalue weighted by Gasteiger charge is -2.35. The maximum Gasteiger partial charge on any atom is 0.323 e. The summed E-state index contributed by atoms with van der Waals surface area (Å²) in [4.78, 5) is 3.78. The molecule has 1 aliphatic heterocycles. The molecule has 1 atom stereocenters. The molecule has 1 aliphatic rings. The monoisotopic (exact) mass is 618 g/mol. The Bertz CT molecular complexity index is 1750. The van der Waals surface area contributed by atoms with E-state index in [4.69, 9.17) is 0 Å². The fourth-order valence-corrected chi connectivity index (χ4v) is 6.18. The highest BCUT2D eigenvalue weighted by atomic mass is 32.2. The van der Waals surface area contributed by atoms with E-state index in [9.17, 15) is 26.7 Å². The van der Waals surface area contributed by atoms with Crippen LogP contribution in [0.25, 0.3) is 0 Å². The van der Waals surface area contributed by atoms with Crippen LogP contribution in [0.4, 0.5) is 22.0 Å². The van der Waals surface area contributed by atoms with Crippen molar-refractivity contribution in [1.82, 2.24) is 29.5 Å². The van der Waals surface area contributed by atoms with Gasteiger partial charge in [-0.05, 0) is 71.8 Å². The summed E-state index contributed by atoms with van der Waals surface area (Å²) in [6.07, 6.45) is 2.87. The Labute approximate surface area is 243 Å². The maximum absolute atomic E-state index is 15.9. The lowest BCUT2D eigenvalue weighted by molar-refractivity contribution is -0.207. The van der Waals surface area contributed by atoms with Crippen molar-refractivity contribution in [1.29, 1.82) is 0 Å². The van der Waals surface area contributed by atoms with Gasteiger partial charge < -0.3 is 5.11 Å². The molecular weight excluding hydrogens is 595 g/mol. The minimum absolute atomic E-state index is 0.00609. The SMILES string of the molecule is O=S(=O)(c1ccc(F)cc1)N1CCC(C#Cc2ccc(C(F)(F)C(O)(Cn3cnnn3)c3ccc(F)cc3F)nc2)CC1. The Morgan fingerprint density at radius 2 is 1.67 bits per heavy atom. The number of hydrogen-bond donors (Lipinski definition) is 1. The molecule has 2 aromatic heterocycles. The van der Waals surface area contributed by atoms with Crippen molar-refractivity contribution in [2.45, 2.75) is 35.8 Å². The van der Waals surface area contributed by atoms with Crippen LogP contribution < -0.4 is 0 Å². The zero-order valence-corrected chi connectivity index (χ0v) is 23.0. The number of aliphatic hydroxyl groups is 1. The van der Waals surface area contributed by atoms with E-state index in [0.717, 1.165) is 47.5 Å². The zero-order valence-electron chi connectivity index (χ0n) is 22.2. The minimum Gasteiger partial charge on any atom is -0.377 e. The van der Waals surface area contributed by atoms with Crippen molar-refractivity contribution >= 4 is 10.0 Å². The van der Waals surface area contributed by atoms with E-state index in [0.29, 0.717) is 18.9 Å². The van der Waals surface area contributed by atoms with Crippen LogP contribution in [-0.4, -0.2) is 56.1 Å². The molecule has 5 rings (SSSR count). The van der Waals surface area contributed by atoms with Crippen LogP contribution in [0.2, 0.25) is 0 Å². The van der Waals surface area contributed by atoms with Crippen molar-refractivity contribution in [3.63, 3.8) is 0 Å². The van der Waals surface area contributed by atoms with Gasteiger partial charge in [0.2, 0.25) is 10.0 Å². The molecule has 43 heavy (non-hydrogen) atoms. The maximum atomic E-state index is 15.9. The molecule has 0 amide bonds. The number of hydrogen-bond acceptors (Lipinski definition) is 7. The Kier molecular flexibility index (Phi) is 8.28. The van der Waals surface area contributed by atoms with E-state index in [2.05, 4.69) is 32.4 Å². The molecule has 224 valence electrons. The summed E-state index contributed by atoms with van der Waals surface area (Å²) in [7, 11) is -3.78. The summed E-state index contributed by atoms with van der Waals surface area (Å²) < 4.78 is 101. The van der Waals surface area contributed by atoms with Crippen molar-refractivity contribution in [3.05, 3.63) is 101 Å². The van der Waals surface area contributed by atoms with Gasteiger partial charge in [-0.15, -0.1) is 5.10 Å². The molecule has 4 aromatic rings. The number of benzene rings is 2. The van der Waals surface area contributed by atoms with E-state index in [-0.39, 0.29) is 29.5 Å². The number of alkyl halides is 2. The van der Waals surface area contributed by atoms with E-state index < -0.39 is 56.8 Å². The van der Waals surface area contributed by atoms with Crippen molar-refractivity contribution in [2.24, 2.45) is 5.92 Å². The summed E-state index contributed by atoms with van der Waals surface area (Å²) in [5.74, 6) is -1.48. The van der Waals surface area contributed by atoms with Crippen LogP contribution in [0.5, 0.6) is 0 Å². The second-order valence-electron chi connectivity index (χ2n) is 9.90. The lowest BCUT2D eigenvalue weighted by atomic mass is 9.84. The van der Waals surface area contributed by atoms with Gasteiger partial charge in [-0.1, -0.05) is 11.8 Å². The van der Waals surface area contributed by atoms with E-state index >= 15 is 8.78 Å². The van der Waals surface area contributed by atoms with Crippen LogP contribution in [0.3, 0.4) is 0 Å². The number of sulfonamides is 1. The number of piperidine rings is 1. The quantitative estimate of drug-likeness (QED) is 0.249. The molecule has 0 aliphatic carbocycles. The predicted octanol–water partition coefficient (Wildman–Crippen LogP) is 3.62. The molecule has 1 saturated heterocycles. The number of nitrogens with zero attached hydrogens (tertiary/aromatic N) is 6. The van der Waals surface area contributed by atoms with Gasteiger partial charge in [-0.2, -0.15) is 13.1 Å². The highest BCUT2D eigenvalue weighted by Gasteiger charge is 2.58. The van der Waals surface area contributed by atoms with Crippen LogP contribution in [0, 0.1) is 35.2 Å². The third-order valence-corrected chi connectivity index (χ3v) is 9.00. The highest BCUT2D eigenvalue weighted by molar-refractivity contribution is 7.89. The van der Waals surface area contributed by atoms with Gasteiger partial charge >= 0.3 is 5.92 Å². The Hall–Kier alpha value is -4.26. The van der Waals surface area contributed by atoms with Gasteiger partial charge in [-0.3, -0.25) is 4.98 Å². The first-order chi connectivity index (χ1) is 20.4. The summed E-state index contributed by atoms with van der Waals surface area (Å²) in [6, 6.07) is 8.62. The van der Waals surface area contributed by atoms with Crippen LogP contribution in [0.15, 0.2) is 72.0 Å². The average Bonchev–Trinajstić information content (AvgIpc) is 3.49. The molecule has 0 radical (unpaired) electrons. The lowest BCUT2D eigenvalue weighted by Crippen LogP contribution is -2.48. The molecule has 0 bridgehead atoms. The molecule has 3 heterocycles. The normalized spacial score (nSPS) is 16.3. The molecule has 0 saturated carbocycles. The second kappa shape index (κ2) is 11.8. The largest absolute Gasteiger partial charge is 0.377 e. The molecule has 1 fully saturated rings. The number of pyridine rings is 1. The average molecular weight is 619 g/mol. The van der Waals surface area contributed by atoms with E-state index in [1.165, 1.54) is 22.5 Å². The molecule has 15 heteroatoms. The van der Waals surface area contributed by atoms with Crippen LogP contribution >= 0.6 is 0 Å². The standard InChI is InChI=1S/C28H23F5N6O3S/c29-21-4-7-23(8-5-21)43(41,42)39-13-11-19(12-14-39)1-2-20-3-10-26(34-16-20)28(32,33)27(40,17-38-18-35-36-37-38)24-9-6-22(30)15-25(24)31/h3-10,15-16,18-19,40H,11-14,17H2. The topological polar surface area (TPSA) is 114 Å². The highest BCUT2D eigenvalue weighted by Crippen LogP contribution is 2.46. The summed E-state index contributed by atoms with van der Waals surface area (Å²) >= 11 is 0. The Balaban J connectivity index is 1.31. The molecular formula is C28H23F5N6O3S. The van der Waals surface area contributed by atoms with Crippen LogP contribution in [-0.2, 0) is 28.1 Å².